The molecule has 0 saturated carbocycles. The second-order valence-corrected chi connectivity index (χ2v) is 5.10. The molecule has 2 aromatic heterocycles. The van der Waals surface area contributed by atoms with Gasteiger partial charge in [-0.2, -0.15) is 19.6 Å². The molecular formula is C14H9ClF3N5O. The number of halogens is 4. The van der Waals surface area contributed by atoms with Gasteiger partial charge in [-0.15, -0.1) is 0 Å². The summed E-state index contributed by atoms with van der Waals surface area (Å²) in [6.45, 7) is 1.59. The van der Waals surface area contributed by atoms with Gasteiger partial charge in [-0.25, -0.2) is 13.2 Å². The minimum absolute atomic E-state index is 0.0260. The average Bonchev–Trinajstić information content (AvgIpc) is 2.96. The van der Waals surface area contributed by atoms with Gasteiger partial charge in [0.15, 0.2) is 0 Å². The van der Waals surface area contributed by atoms with Crippen molar-refractivity contribution in [1.82, 2.24) is 19.6 Å². The Morgan fingerprint density at radius 2 is 1.92 bits per heavy atom. The number of amides is 1. The zero-order valence-electron chi connectivity index (χ0n) is 12.1. The number of nitrogens with zero attached hydrogens (tertiary/aromatic N) is 4. The van der Waals surface area contributed by atoms with Crippen LogP contribution in [0, 0.1) is 17.5 Å². The maximum absolute atomic E-state index is 14.2. The molecule has 10 heteroatoms. The van der Waals surface area contributed by atoms with E-state index < -0.39 is 28.9 Å². The lowest BCUT2D eigenvalue weighted by Crippen LogP contribution is -2.16. The fraction of sp³-hybridized carbons (Fsp3) is 0.143. The molecule has 0 saturated heterocycles. The van der Waals surface area contributed by atoms with Gasteiger partial charge in [0.1, 0.15) is 34.7 Å². The van der Waals surface area contributed by atoms with Crippen LogP contribution in [-0.2, 0) is 4.79 Å². The maximum atomic E-state index is 14.2. The highest BCUT2D eigenvalue weighted by Gasteiger charge is 2.24. The standard InChI is InChI=1S/C14H9ClF3N5O/c1-2-9(24)21-13-11(10-7(17)3-6(16)4-8(10)18)12(15)22-14-19-5-20-23(13)14/h3-5H,2H2,1H3,(H,21,24). The zero-order valence-corrected chi connectivity index (χ0v) is 12.9. The number of carbonyl (C=O) groups is 1. The second-order valence-electron chi connectivity index (χ2n) is 4.74. The van der Waals surface area contributed by atoms with Gasteiger partial charge >= 0.3 is 0 Å². The number of hydrogen-bond acceptors (Lipinski definition) is 4. The molecule has 0 atom stereocenters. The highest BCUT2D eigenvalue weighted by Crippen LogP contribution is 2.37. The van der Waals surface area contributed by atoms with Crippen LogP contribution in [0.1, 0.15) is 13.3 Å². The summed E-state index contributed by atoms with van der Waals surface area (Å²) >= 11 is 6.04. The van der Waals surface area contributed by atoms with Crippen LogP contribution in [0.2, 0.25) is 5.15 Å². The summed E-state index contributed by atoms with van der Waals surface area (Å²) in [7, 11) is 0. The van der Waals surface area contributed by atoms with Crippen LogP contribution in [0.4, 0.5) is 19.0 Å². The van der Waals surface area contributed by atoms with Gasteiger partial charge in [-0.1, -0.05) is 18.5 Å². The van der Waals surface area contributed by atoms with Crippen LogP contribution in [0.3, 0.4) is 0 Å². The van der Waals surface area contributed by atoms with Crippen molar-refractivity contribution in [2.45, 2.75) is 13.3 Å². The van der Waals surface area contributed by atoms with Crippen molar-refractivity contribution in [3.8, 4) is 11.1 Å². The first-order valence-corrected chi connectivity index (χ1v) is 7.14. The van der Waals surface area contributed by atoms with Crippen LogP contribution in [-0.4, -0.2) is 25.5 Å². The van der Waals surface area contributed by atoms with Crippen LogP contribution >= 0.6 is 11.6 Å². The first-order valence-electron chi connectivity index (χ1n) is 6.76. The fourth-order valence-electron chi connectivity index (χ4n) is 2.16. The molecule has 1 aromatic carbocycles. The normalized spacial score (nSPS) is 11.0. The Kier molecular flexibility index (Phi) is 4.10. The number of aromatic nitrogens is 4. The first kappa shape index (κ1) is 16.2. The summed E-state index contributed by atoms with van der Waals surface area (Å²) in [5, 5.41) is 6.01. The summed E-state index contributed by atoms with van der Waals surface area (Å²) in [6.07, 6.45) is 1.24. The number of fused-ring (bicyclic) bond motifs is 1. The van der Waals surface area contributed by atoms with Crippen molar-refractivity contribution in [3.63, 3.8) is 0 Å². The molecule has 2 heterocycles. The molecule has 24 heavy (non-hydrogen) atoms. The van der Waals surface area contributed by atoms with Gasteiger partial charge in [0.2, 0.25) is 5.91 Å². The molecule has 0 aliphatic rings. The Morgan fingerprint density at radius 1 is 1.25 bits per heavy atom. The average molecular weight is 356 g/mol. The third kappa shape index (κ3) is 2.67. The molecule has 3 aromatic rings. The molecular weight excluding hydrogens is 347 g/mol. The van der Waals surface area contributed by atoms with Gasteiger partial charge in [-0.3, -0.25) is 4.79 Å². The Labute approximate surface area is 138 Å². The number of anilines is 1. The summed E-state index contributed by atoms with van der Waals surface area (Å²) in [4.78, 5) is 19.5. The van der Waals surface area contributed by atoms with Gasteiger partial charge in [-0.05, 0) is 0 Å². The van der Waals surface area contributed by atoms with E-state index in [2.05, 4.69) is 20.4 Å². The second kappa shape index (κ2) is 6.08. The molecule has 0 spiro atoms. The molecule has 1 N–H and O–H groups in total. The smallest absolute Gasteiger partial charge is 0.255 e. The van der Waals surface area contributed by atoms with E-state index >= 15 is 0 Å². The minimum atomic E-state index is -1.19. The molecule has 0 fully saturated rings. The van der Waals surface area contributed by atoms with E-state index in [-0.39, 0.29) is 28.7 Å². The van der Waals surface area contributed by atoms with E-state index in [4.69, 9.17) is 11.6 Å². The number of benzene rings is 1. The Morgan fingerprint density at radius 3 is 2.54 bits per heavy atom. The van der Waals surface area contributed by atoms with Gasteiger partial charge in [0, 0.05) is 18.6 Å². The number of rotatable bonds is 3. The Balaban J connectivity index is 2.37. The molecule has 6 nitrogen and oxygen atoms in total. The first-order chi connectivity index (χ1) is 11.4. The van der Waals surface area contributed by atoms with Crippen molar-refractivity contribution in [3.05, 3.63) is 41.1 Å². The summed E-state index contributed by atoms with van der Waals surface area (Å²) in [5.41, 5.74) is -0.885. The molecule has 0 aliphatic heterocycles. The molecule has 0 radical (unpaired) electrons. The number of hydrogen-bond donors (Lipinski definition) is 1. The van der Waals surface area contributed by atoms with Crippen molar-refractivity contribution in [1.29, 1.82) is 0 Å². The van der Waals surface area contributed by atoms with Crippen molar-refractivity contribution < 1.29 is 18.0 Å². The quantitative estimate of drug-likeness (QED) is 0.732. The van der Waals surface area contributed by atoms with E-state index in [9.17, 15) is 18.0 Å². The van der Waals surface area contributed by atoms with Crippen molar-refractivity contribution >= 4 is 29.1 Å². The zero-order chi connectivity index (χ0) is 17.4. The molecule has 0 unspecified atom stereocenters. The number of nitrogens with one attached hydrogen (secondary N) is 1. The number of carbonyl (C=O) groups excluding carboxylic acids is 1. The fourth-order valence-corrected chi connectivity index (χ4v) is 2.41. The summed E-state index contributed by atoms with van der Waals surface area (Å²) in [5.74, 6) is -4.00. The van der Waals surface area contributed by atoms with Crippen LogP contribution in [0.5, 0.6) is 0 Å². The van der Waals surface area contributed by atoms with Crippen molar-refractivity contribution in [2.24, 2.45) is 0 Å². The van der Waals surface area contributed by atoms with Gasteiger partial charge in [0.25, 0.3) is 5.78 Å². The van der Waals surface area contributed by atoms with Crippen LogP contribution in [0.15, 0.2) is 18.5 Å². The van der Waals surface area contributed by atoms with E-state index in [0.717, 1.165) is 10.8 Å². The summed E-state index contributed by atoms with van der Waals surface area (Å²) in [6, 6.07) is 1.01. The molecule has 0 bridgehead atoms. The van der Waals surface area contributed by atoms with Crippen molar-refractivity contribution in [2.75, 3.05) is 5.32 Å². The van der Waals surface area contributed by atoms with E-state index in [1.165, 1.54) is 0 Å². The Hall–Kier alpha value is -2.68. The van der Waals surface area contributed by atoms with Gasteiger partial charge < -0.3 is 5.32 Å². The lowest BCUT2D eigenvalue weighted by atomic mass is 10.1. The lowest BCUT2D eigenvalue weighted by Gasteiger charge is -2.14. The lowest BCUT2D eigenvalue weighted by molar-refractivity contribution is -0.115. The van der Waals surface area contributed by atoms with Crippen LogP contribution in [0.25, 0.3) is 16.9 Å². The minimum Gasteiger partial charge on any atom is -0.310 e. The highest BCUT2D eigenvalue weighted by atomic mass is 35.5. The molecule has 124 valence electrons. The topological polar surface area (TPSA) is 72.2 Å². The maximum Gasteiger partial charge on any atom is 0.255 e. The largest absolute Gasteiger partial charge is 0.310 e. The monoisotopic (exact) mass is 355 g/mol. The van der Waals surface area contributed by atoms with E-state index in [0.29, 0.717) is 12.1 Å². The predicted octanol–water partition coefficient (Wildman–Crippen LogP) is 3.21. The highest BCUT2D eigenvalue weighted by molar-refractivity contribution is 6.33. The molecule has 1 amide bonds. The van der Waals surface area contributed by atoms with Gasteiger partial charge in [0.05, 0.1) is 11.1 Å². The molecule has 0 aliphatic carbocycles. The third-order valence-electron chi connectivity index (χ3n) is 3.22. The van der Waals surface area contributed by atoms with E-state index in [1.807, 2.05) is 0 Å². The SMILES string of the molecule is CCC(=O)Nc1c(-c2c(F)cc(F)cc2F)c(Cl)nc2ncnn12. The van der Waals surface area contributed by atoms with E-state index in [1.54, 1.807) is 6.92 Å². The predicted molar refractivity (Wildman–Crippen MR) is 80.0 cm³/mol. The molecule has 3 rings (SSSR count). The van der Waals surface area contributed by atoms with Crippen LogP contribution < -0.4 is 5.32 Å². The Bertz CT molecular complexity index is 936. The summed E-state index contributed by atoms with van der Waals surface area (Å²) < 4.78 is 42.6. The third-order valence-corrected chi connectivity index (χ3v) is 3.49.